The van der Waals surface area contributed by atoms with Gasteiger partial charge in [-0.3, -0.25) is 4.72 Å². The molecule has 0 fully saturated rings. The van der Waals surface area contributed by atoms with Crippen LogP contribution in [0, 0.1) is 6.92 Å². The van der Waals surface area contributed by atoms with Crippen LogP contribution in [0.15, 0.2) is 53.9 Å². The van der Waals surface area contributed by atoms with Crippen LogP contribution in [0.5, 0.6) is 5.75 Å². The average molecular weight is 303 g/mol. The lowest BCUT2D eigenvalue weighted by Gasteiger charge is -2.10. The predicted molar refractivity (Wildman–Crippen MR) is 85.7 cm³/mol. The quantitative estimate of drug-likeness (QED) is 0.921. The van der Waals surface area contributed by atoms with Crippen LogP contribution in [0.3, 0.4) is 0 Å². The molecule has 5 heteroatoms. The van der Waals surface area contributed by atoms with Crippen molar-refractivity contribution in [2.75, 3.05) is 11.8 Å². The first-order valence-corrected chi connectivity index (χ1v) is 7.95. The van der Waals surface area contributed by atoms with Crippen LogP contribution in [-0.2, 0) is 10.0 Å². The van der Waals surface area contributed by atoms with Gasteiger partial charge in [0.1, 0.15) is 5.75 Å². The molecule has 0 spiro atoms. The summed E-state index contributed by atoms with van der Waals surface area (Å²) >= 11 is 0. The van der Waals surface area contributed by atoms with Gasteiger partial charge in [0.2, 0.25) is 0 Å². The van der Waals surface area contributed by atoms with Crippen LogP contribution < -0.4 is 9.46 Å². The zero-order valence-electron chi connectivity index (χ0n) is 11.9. The summed E-state index contributed by atoms with van der Waals surface area (Å²) in [5, 5.41) is 1.14. The van der Waals surface area contributed by atoms with Crippen molar-refractivity contribution < 1.29 is 13.2 Å². The number of aryl methyl sites for hydroxylation is 1. The van der Waals surface area contributed by atoms with E-state index < -0.39 is 10.0 Å². The van der Waals surface area contributed by atoms with Crippen LogP contribution in [0.1, 0.15) is 11.1 Å². The van der Waals surface area contributed by atoms with Crippen molar-refractivity contribution in [2.45, 2.75) is 6.92 Å². The minimum absolute atomic E-state index is 0.417. The van der Waals surface area contributed by atoms with Gasteiger partial charge in [0, 0.05) is 0 Å². The molecule has 0 heterocycles. The minimum atomic E-state index is -3.59. The fourth-order valence-electron chi connectivity index (χ4n) is 1.80. The lowest BCUT2D eigenvalue weighted by atomic mass is 10.2. The molecule has 2 aromatic rings. The van der Waals surface area contributed by atoms with Gasteiger partial charge in [0.25, 0.3) is 10.0 Å². The summed E-state index contributed by atoms with van der Waals surface area (Å²) in [6.07, 6.45) is 1.54. The van der Waals surface area contributed by atoms with Crippen molar-refractivity contribution in [1.29, 1.82) is 0 Å². The molecule has 0 aliphatic heterocycles. The van der Waals surface area contributed by atoms with E-state index in [0.29, 0.717) is 11.4 Å². The Morgan fingerprint density at radius 3 is 2.48 bits per heavy atom. The molecule has 0 atom stereocenters. The third-order valence-electron chi connectivity index (χ3n) is 2.85. The van der Waals surface area contributed by atoms with Gasteiger partial charge in [-0.05, 0) is 36.3 Å². The van der Waals surface area contributed by atoms with Crippen molar-refractivity contribution in [3.05, 3.63) is 65.1 Å². The molecule has 110 valence electrons. The molecule has 21 heavy (non-hydrogen) atoms. The number of rotatable bonds is 5. The van der Waals surface area contributed by atoms with Gasteiger partial charge in [0.15, 0.2) is 0 Å². The van der Waals surface area contributed by atoms with Crippen LogP contribution in [0.25, 0.3) is 6.08 Å². The number of hydrogen-bond acceptors (Lipinski definition) is 3. The summed E-state index contributed by atoms with van der Waals surface area (Å²) in [5.74, 6) is 0.492. The number of hydrogen-bond donors (Lipinski definition) is 1. The lowest BCUT2D eigenvalue weighted by Crippen LogP contribution is -2.09. The van der Waals surface area contributed by atoms with E-state index in [1.54, 1.807) is 18.2 Å². The fraction of sp³-hybridized carbons (Fsp3) is 0.125. The molecule has 0 aliphatic rings. The first kappa shape index (κ1) is 15.1. The Hall–Kier alpha value is -2.27. The highest BCUT2D eigenvalue weighted by atomic mass is 32.2. The Morgan fingerprint density at radius 1 is 1.10 bits per heavy atom. The van der Waals surface area contributed by atoms with Gasteiger partial charge in [-0.2, -0.15) is 0 Å². The normalized spacial score (nSPS) is 11.5. The molecule has 2 aromatic carbocycles. The molecule has 0 saturated heterocycles. The third-order valence-corrected chi connectivity index (χ3v) is 3.85. The zero-order chi connectivity index (χ0) is 15.3. The van der Waals surface area contributed by atoms with Crippen LogP contribution >= 0.6 is 0 Å². The number of anilines is 1. The van der Waals surface area contributed by atoms with Gasteiger partial charge in [-0.25, -0.2) is 8.42 Å². The van der Waals surface area contributed by atoms with Gasteiger partial charge in [-0.15, -0.1) is 0 Å². The zero-order valence-corrected chi connectivity index (χ0v) is 12.7. The first-order valence-electron chi connectivity index (χ1n) is 6.41. The monoisotopic (exact) mass is 303 g/mol. The maximum absolute atomic E-state index is 12.1. The second-order valence-corrected chi connectivity index (χ2v) is 6.13. The summed E-state index contributed by atoms with van der Waals surface area (Å²) in [5.41, 5.74) is 2.23. The third kappa shape index (κ3) is 4.36. The molecule has 0 saturated carbocycles. The van der Waals surface area contributed by atoms with Crippen molar-refractivity contribution in [3.8, 4) is 5.75 Å². The van der Waals surface area contributed by atoms with Crippen molar-refractivity contribution in [3.63, 3.8) is 0 Å². The highest BCUT2D eigenvalue weighted by molar-refractivity contribution is 7.95. The number of ether oxygens (including phenoxy) is 1. The van der Waals surface area contributed by atoms with Crippen molar-refractivity contribution >= 4 is 21.8 Å². The average Bonchev–Trinajstić information content (AvgIpc) is 2.48. The highest BCUT2D eigenvalue weighted by Crippen LogP contribution is 2.26. The molecule has 1 N–H and O–H groups in total. The second-order valence-electron chi connectivity index (χ2n) is 4.56. The van der Waals surface area contributed by atoms with E-state index in [1.165, 1.54) is 7.11 Å². The largest absolute Gasteiger partial charge is 0.495 e. The Balaban J connectivity index is 2.20. The summed E-state index contributed by atoms with van der Waals surface area (Å²) in [4.78, 5) is 0. The van der Waals surface area contributed by atoms with E-state index >= 15 is 0 Å². The molecular weight excluding hydrogens is 286 g/mol. The van der Waals surface area contributed by atoms with E-state index in [4.69, 9.17) is 4.74 Å². The highest BCUT2D eigenvalue weighted by Gasteiger charge is 2.10. The van der Waals surface area contributed by atoms with E-state index in [1.807, 2.05) is 43.3 Å². The molecule has 0 unspecified atom stereocenters. The predicted octanol–water partition coefficient (Wildman–Crippen LogP) is 3.42. The van der Waals surface area contributed by atoms with Crippen molar-refractivity contribution in [2.24, 2.45) is 0 Å². The van der Waals surface area contributed by atoms with E-state index in [0.717, 1.165) is 16.5 Å². The molecule has 0 bridgehead atoms. The van der Waals surface area contributed by atoms with Gasteiger partial charge >= 0.3 is 0 Å². The Kier molecular flexibility index (Phi) is 4.65. The molecule has 0 amide bonds. The Bertz CT molecular complexity index is 737. The number of methoxy groups -OCH3 is 1. The van der Waals surface area contributed by atoms with E-state index in [9.17, 15) is 8.42 Å². The number of sulfonamides is 1. The van der Waals surface area contributed by atoms with Crippen molar-refractivity contribution in [1.82, 2.24) is 0 Å². The molecule has 4 nitrogen and oxygen atoms in total. The van der Waals surface area contributed by atoms with E-state index in [2.05, 4.69) is 4.72 Å². The maximum atomic E-state index is 12.1. The molecule has 0 radical (unpaired) electrons. The summed E-state index contributed by atoms with van der Waals surface area (Å²) in [7, 11) is -2.08. The van der Waals surface area contributed by atoms with E-state index in [-0.39, 0.29) is 0 Å². The number of nitrogens with one attached hydrogen (secondary N) is 1. The Labute approximate surface area is 125 Å². The smallest absolute Gasteiger partial charge is 0.255 e. The van der Waals surface area contributed by atoms with Gasteiger partial charge in [-0.1, -0.05) is 36.4 Å². The van der Waals surface area contributed by atoms with Crippen LogP contribution in [0.2, 0.25) is 0 Å². The van der Waals surface area contributed by atoms with Gasteiger partial charge < -0.3 is 4.74 Å². The molecule has 2 rings (SSSR count). The van der Waals surface area contributed by atoms with Crippen LogP contribution in [0.4, 0.5) is 5.69 Å². The lowest BCUT2D eigenvalue weighted by molar-refractivity contribution is 0.416. The molecular formula is C16H17NO3S. The first-order chi connectivity index (χ1) is 10.00. The standard InChI is InChI=1S/C16H17NO3S/c1-13-8-9-15(16(12-13)20-2)17-21(18,19)11-10-14-6-4-3-5-7-14/h3-12,17H,1-2H3/b11-10+. The Morgan fingerprint density at radius 2 is 1.81 bits per heavy atom. The SMILES string of the molecule is COc1cc(C)ccc1NS(=O)(=O)/C=C/c1ccccc1. The van der Waals surface area contributed by atoms with Crippen LogP contribution in [-0.4, -0.2) is 15.5 Å². The number of benzene rings is 2. The molecule has 0 aliphatic carbocycles. The fourth-order valence-corrected chi connectivity index (χ4v) is 2.68. The van der Waals surface area contributed by atoms with Gasteiger partial charge in [0.05, 0.1) is 18.2 Å². The summed E-state index contributed by atoms with van der Waals surface area (Å²) in [6.45, 7) is 1.91. The topological polar surface area (TPSA) is 55.4 Å². The summed E-state index contributed by atoms with van der Waals surface area (Å²) in [6, 6.07) is 14.5. The molecule has 0 aromatic heterocycles. The maximum Gasteiger partial charge on any atom is 0.255 e. The second kappa shape index (κ2) is 6.45. The summed E-state index contributed by atoms with van der Waals surface area (Å²) < 4.78 is 31.8. The minimum Gasteiger partial charge on any atom is -0.495 e.